The summed E-state index contributed by atoms with van der Waals surface area (Å²) in [7, 11) is 0. The highest BCUT2D eigenvalue weighted by Gasteiger charge is 2.34. The van der Waals surface area contributed by atoms with Gasteiger partial charge in [0.05, 0.1) is 27.4 Å². The molecule has 0 unspecified atom stereocenters. The minimum atomic E-state index is -0.305. The minimum Gasteiger partial charge on any atom is -0.397 e. The predicted molar refractivity (Wildman–Crippen MR) is 114 cm³/mol. The Morgan fingerprint density at radius 3 is 2.31 bits per heavy atom. The van der Waals surface area contributed by atoms with E-state index in [0.29, 0.717) is 33.8 Å². The number of nitrogens with two attached hydrogens (primary N) is 1. The van der Waals surface area contributed by atoms with Crippen LogP contribution in [0, 0.1) is 0 Å². The standard InChI is InChI=1S/C23H18N2O3S/c24-21-18(29-28)11-17(25-14-9-8-12-4-3-5-13(12)10-14)19-20(21)23(27)16-7-2-1-6-15(16)22(19)26/h1-2,6-11,25,28H,3-5,24H2. The van der Waals surface area contributed by atoms with Crippen molar-refractivity contribution in [2.45, 2.75) is 24.2 Å². The van der Waals surface area contributed by atoms with Gasteiger partial charge in [-0.2, -0.15) is 0 Å². The van der Waals surface area contributed by atoms with Crippen molar-refractivity contribution in [3.8, 4) is 0 Å². The Labute approximate surface area is 172 Å². The molecule has 0 atom stereocenters. The van der Waals surface area contributed by atoms with Crippen LogP contribution in [-0.2, 0) is 12.8 Å². The van der Waals surface area contributed by atoms with Crippen LogP contribution in [0.4, 0.5) is 17.1 Å². The molecule has 0 aliphatic heterocycles. The Morgan fingerprint density at radius 1 is 0.897 bits per heavy atom. The molecule has 29 heavy (non-hydrogen) atoms. The molecule has 0 bridgehead atoms. The summed E-state index contributed by atoms with van der Waals surface area (Å²) < 4.78 is 9.70. The quantitative estimate of drug-likeness (QED) is 0.335. The third-order valence-electron chi connectivity index (χ3n) is 5.68. The second kappa shape index (κ2) is 6.76. The zero-order valence-corrected chi connectivity index (χ0v) is 16.3. The fourth-order valence-electron chi connectivity index (χ4n) is 4.27. The van der Waals surface area contributed by atoms with Crippen molar-refractivity contribution in [1.82, 2.24) is 0 Å². The maximum absolute atomic E-state index is 13.3. The Balaban J connectivity index is 1.69. The molecule has 0 aromatic heterocycles. The maximum atomic E-state index is 13.3. The van der Waals surface area contributed by atoms with Crippen LogP contribution in [0.15, 0.2) is 53.4 Å². The fraction of sp³-hybridized carbons (Fsp3) is 0.130. The second-order valence-corrected chi connectivity index (χ2v) is 7.97. The van der Waals surface area contributed by atoms with Crippen molar-refractivity contribution in [2.24, 2.45) is 0 Å². The van der Waals surface area contributed by atoms with Crippen LogP contribution in [0.5, 0.6) is 0 Å². The van der Waals surface area contributed by atoms with E-state index in [9.17, 15) is 14.1 Å². The van der Waals surface area contributed by atoms with Crippen LogP contribution < -0.4 is 11.1 Å². The number of nitrogen functional groups attached to an aromatic ring is 1. The molecular formula is C23H18N2O3S. The molecule has 0 radical (unpaired) electrons. The van der Waals surface area contributed by atoms with Crippen LogP contribution in [-0.4, -0.2) is 16.1 Å². The van der Waals surface area contributed by atoms with Gasteiger partial charge in [-0.25, -0.2) is 0 Å². The van der Waals surface area contributed by atoms with E-state index >= 15 is 0 Å². The van der Waals surface area contributed by atoms with Gasteiger partial charge in [0.15, 0.2) is 11.6 Å². The molecule has 5 rings (SSSR count). The van der Waals surface area contributed by atoms with Gasteiger partial charge in [-0.3, -0.25) is 9.59 Å². The summed E-state index contributed by atoms with van der Waals surface area (Å²) in [4.78, 5) is 26.8. The van der Waals surface area contributed by atoms with Gasteiger partial charge in [-0.1, -0.05) is 30.3 Å². The number of carbonyl (C=O) groups is 2. The van der Waals surface area contributed by atoms with E-state index in [-0.39, 0.29) is 28.4 Å². The summed E-state index contributed by atoms with van der Waals surface area (Å²) in [6.45, 7) is 0. The lowest BCUT2D eigenvalue weighted by atomic mass is 9.82. The van der Waals surface area contributed by atoms with E-state index in [2.05, 4.69) is 17.4 Å². The first kappa shape index (κ1) is 18.0. The van der Waals surface area contributed by atoms with Crippen molar-refractivity contribution in [3.63, 3.8) is 0 Å². The number of hydrogen-bond donors (Lipinski definition) is 3. The Morgan fingerprint density at radius 2 is 1.59 bits per heavy atom. The topological polar surface area (TPSA) is 92.4 Å². The minimum absolute atomic E-state index is 0.125. The van der Waals surface area contributed by atoms with E-state index < -0.39 is 0 Å². The third kappa shape index (κ3) is 2.75. The SMILES string of the molecule is Nc1c(SO)cc(Nc2ccc3c(c2)CCC3)c2c1C(=O)c1ccccc1C2=O. The lowest BCUT2D eigenvalue weighted by Gasteiger charge is -2.23. The molecule has 0 fully saturated rings. The molecule has 2 aliphatic rings. The number of nitrogens with one attached hydrogen (secondary N) is 1. The van der Waals surface area contributed by atoms with Crippen LogP contribution in [0.2, 0.25) is 0 Å². The summed E-state index contributed by atoms with van der Waals surface area (Å²) in [5, 5.41) is 3.29. The Hall–Kier alpha value is -3.09. The molecule has 0 saturated heterocycles. The van der Waals surface area contributed by atoms with Gasteiger partial charge in [0.25, 0.3) is 0 Å². The number of benzene rings is 3. The number of aryl methyl sites for hydroxylation is 2. The molecule has 4 N–H and O–H groups in total. The van der Waals surface area contributed by atoms with E-state index in [0.717, 1.165) is 24.9 Å². The number of fused-ring (bicyclic) bond motifs is 3. The van der Waals surface area contributed by atoms with Gasteiger partial charge in [0.1, 0.15) is 0 Å². The number of carbonyl (C=O) groups excluding carboxylic acids is 2. The summed E-state index contributed by atoms with van der Waals surface area (Å²) in [5.74, 6) is -0.555. The Kier molecular flexibility index (Phi) is 4.19. The van der Waals surface area contributed by atoms with E-state index in [4.69, 9.17) is 5.73 Å². The molecule has 0 saturated carbocycles. The average Bonchev–Trinajstić information content (AvgIpc) is 3.21. The fourth-order valence-corrected chi connectivity index (χ4v) is 4.64. The first-order valence-corrected chi connectivity index (χ1v) is 10.2. The zero-order valence-electron chi connectivity index (χ0n) is 15.5. The van der Waals surface area contributed by atoms with Crippen LogP contribution in [0.1, 0.15) is 49.4 Å². The highest BCUT2D eigenvalue weighted by Crippen LogP contribution is 2.41. The molecule has 0 heterocycles. The molecule has 0 spiro atoms. The molecule has 144 valence electrons. The number of anilines is 3. The van der Waals surface area contributed by atoms with Crippen molar-refractivity contribution >= 4 is 40.7 Å². The average molecular weight is 402 g/mol. The lowest BCUT2D eigenvalue weighted by molar-refractivity contribution is 0.0980. The lowest BCUT2D eigenvalue weighted by Crippen LogP contribution is -2.24. The largest absolute Gasteiger partial charge is 0.397 e. The molecular weight excluding hydrogens is 384 g/mol. The number of ketones is 2. The van der Waals surface area contributed by atoms with Gasteiger partial charge in [0, 0.05) is 28.9 Å². The van der Waals surface area contributed by atoms with Crippen molar-refractivity contribution in [2.75, 3.05) is 11.1 Å². The maximum Gasteiger partial charge on any atom is 0.196 e. The van der Waals surface area contributed by atoms with Gasteiger partial charge < -0.3 is 15.6 Å². The smallest absolute Gasteiger partial charge is 0.196 e. The van der Waals surface area contributed by atoms with Gasteiger partial charge in [-0.15, -0.1) is 0 Å². The van der Waals surface area contributed by atoms with Gasteiger partial charge >= 0.3 is 0 Å². The molecule has 3 aromatic rings. The number of hydrogen-bond acceptors (Lipinski definition) is 6. The third-order valence-corrected chi connectivity index (χ3v) is 6.21. The summed E-state index contributed by atoms with van der Waals surface area (Å²) in [6, 6.07) is 14.5. The monoisotopic (exact) mass is 402 g/mol. The van der Waals surface area contributed by atoms with Crippen LogP contribution in [0.3, 0.4) is 0 Å². The first-order chi connectivity index (χ1) is 14.1. The highest BCUT2D eigenvalue weighted by atomic mass is 32.2. The van der Waals surface area contributed by atoms with Crippen LogP contribution >= 0.6 is 12.0 Å². The molecule has 5 nitrogen and oxygen atoms in total. The molecule has 0 amide bonds. The van der Waals surface area contributed by atoms with Crippen molar-refractivity contribution < 1.29 is 14.1 Å². The first-order valence-electron chi connectivity index (χ1n) is 9.43. The van der Waals surface area contributed by atoms with Gasteiger partial charge in [-0.05, 0) is 48.6 Å². The van der Waals surface area contributed by atoms with Crippen molar-refractivity contribution in [3.05, 3.63) is 81.9 Å². The summed E-state index contributed by atoms with van der Waals surface area (Å²) in [5.41, 5.74) is 11.4. The van der Waals surface area contributed by atoms with Gasteiger partial charge in [0.2, 0.25) is 0 Å². The molecule has 2 aliphatic carbocycles. The zero-order chi connectivity index (χ0) is 20.1. The highest BCUT2D eigenvalue weighted by molar-refractivity contribution is 7.94. The normalized spacial score (nSPS) is 14.4. The van der Waals surface area contributed by atoms with E-state index in [1.807, 2.05) is 6.07 Å². The second-order valence-electron chi connectivity index (χ2n) is 7.34. The van der Waals surface area contributed by atoms with E-state index in [1.165, 1.54) is 11.1 Å². The van der Waals surface area contributed by atoms with Crippen LogP contribution in [0.25, 0.3) is 0 Å². The molecule has 3 aromatic carbocycles. The summed E-state index contributed by atoms with van der Waals surface area (Å²) >= 11 is 0.469. The predicted octanol–water partition coefficient (Wildman–Crippen LogP) is 4.84. The van der Waals surface area contributed by atoms with Crippen molar-refractivity contribution in [1.29, 1.82) is 0 Å². The summed E-state index contributed by atoms with van der Waals surface area (Å²) in [6.07, 6.45) is 3.26. The van der Waals surface area contributed by atoms with E-state index in [1.54, 1.807) is 30.3 Å². The molecule has 6 heteroatoms. The Bertz CT molecular complexity index is 1200. The number of rotatable bonds is 3.